The summed E-state index contributed by atoms with van der Waals surface area (Å²) in [6.07, 6.45) is -0.258. The van der Waals surface area contributed by atoms with Gasteiger partial charge in [0.15, 0.2) is 15.9 Å². The van der Waals surface area contributed by atoms with E-state index in [0.29, 0.717) is 6.61 Å². The number of nitrogens with zero attached hydrogens (tertiary/aromatic N) is 3. The molecule has 0 aliphatic heterocycles. The highest BCUT2D eigenvalue weighted by Gasteiger charge is 2.15. The van der Waals surface area contributed by atoms with Crippen LogP contribution < -0.4 is 21.3 Å². The summed E-state index contributed by atoms with van der Waals surface area (Å²) in [7, 11) is 1.46. The van der Waals surface area contributed by atoms with Crippen molar-refractivity contribution in [3.8, 4) is 0 Å². The second-order valence-electron chi connectivity index (χ2n) is 5.58. The van der Waals surface area contributed by atoms with Gasteiger partial charge in [-0.3, -0.25) is 14.3 Å². The molecule has 2 aromatic rings. The number of aromatic nitrogens is 4. The first kappa shape index (κ1) is 22.1. The lowest BCUT2D eigenvalue weighted by Crippen LogP contribution is -3.11. The number of H-pyrrole nitrogens is 1. The highest BCUT2D eigenvalue weighted by Crippen LogP contribution is 2.16. The van der Waals surface area contributed by atoms with Gasteiger partial charge in [0.1, 0.15) is 6.54 Å². The number of rotatable bonds is 7. The van der Waals surface area contributed by atoms with Crippen molar-refractivity contribution in [2.45, 2.75) is 26.8 Å². The van der Waals surface area contributed by atoms with E-state index in [2.05, 4.69) is 39.7 Å². The smallest absolute Gasteiger partial charge is 0.329 e. The Morgan fingerprint density at radius 3 is 2.42 bits per heavy atom. The molecule has 0 radical (unpaired) electrons. The van der Waals surface area contributed by atoms with Crippen LogP contribution >= 0.6 is 15.9 Å². The van der Waals surface area contributed by atoms with Crippen molar-refractivity contribution in [2.24, 2.45) is 7.05 Å². The first-order valence-electron chi connectivity index (χ1n) is 8.26. The van der Waals surface area contributed by atoms with Crippen molar-refractivity contribution in [2.75, 3.05) is 26.2 Å². The summed E-state index contributed by atoms with van der Waals surface area (Å²) in [4.78, 5) is 41.2. The fourth-order valence-electron chi connectivity index (χ4n) is 2.38. The molecule has 0 spiro atoms. The van der Waals surface area contributed by atoms with Gasteiger partial charge in [-0.2, -0.15) is 0 Å². The van der Waals surface area contributed by atoms with Crippen molar-refractivity contribution in [1.82, 2.24) is 19.1 Å². The number of aliphatic hydroxyl groups excluding tert-OH is 1. The molecule has 2 aromatic heterocycles. The van der Waals surface area contributed by atoms with Gasteiger partial charge >= 0.3 is 5.69 Å². The van der Waals surface area contributed by atoms with Crippen LogP contribution in [0.1, 0.15) is 20.3 Å². The maximum absolute atomic E-state index is 11.7. The zero-order valence-electron chi connectivity index (χ0n) is 15.0. The minimum atomic E-state index is -1.23. The number of hydrogen-bond donors (Lipinski definition) is 3. The van der Waals surface area contributed by atoms with Crippen LogP contribution in [0.25, 0.3) is 11.2 Å². The van der Waals surface area contributed by atoms with Gasteiger partial charge in [-0.1, -0.05) is 0 Å². The number of quaternary nitrogens is 1. The lowest BCUT2D eigenvalue weighted by Gasteiger charge is -2.12. The van der Waals surface area contributed by atoms with E-state index in [1.807, 2.05) is 0 Å². The quantitative estimate of drug-likeness (QED) is 0.404. The molecule has 0 unspecified atom stereocenters. The summed E-state index contributed by atoms with van der Waals surface area (Å²) in [5.74, 6) is -1.23. The number of halogens is 1. The Balaban J connectivity index is 0.000000359. The van der Waals surface area contributed by atoms with Gasteiger partial charge in [0.25, 0.3) is 5.56 Å². The van der Waals surface area contributed by atoms with Gasteiger partial charge in [0.2, 0.25) is 0 Å². The standard InChI is InChI=1S/C9H9BrN4O4.C6H15NO/c1-13-6-5(7(17)12-9(13)18)14(8(10)11-6)3-2-4(15)16;1-3-7(4-2)5-6-8/h2-3H2,1H3,(H,15,16)(H,12,17,18);8H,3-6H2,1-2H3. The highest BCUT2D eigenvalue weighted by atomic mass is 79.9. The van der Waals surface area contributed by atoms with Crippen LogP contribution in [0, 0.1) is 0 Å². The van der Waals surface area contributed by atoms with E-state index >= 15 is 0 Å². The predicted molar refractivity (Wildman–Crippen MR) is 96.9 cm³/mol. The third-order valence-electron chi connectivity index (χ3n) is 3.97. The SMILES string of the molecule is CC[NH+](CC)CCO.Cn1c(=O)[nH]c(=O)c2c1nc(Br)n2CCC(=O)[O-]. The molecule has 0 saturated carbocycles. The minimum Gasteiger partial charge on any atom is -0.550 e. The molecule has 0 aliphatic carbocycles. The first-order valence-corrected chi connectivity index (χ1v) is 9.05. The Hall–Kier alpha value is -1.98. The van der Waals surface area contributed by atoms with E-state index in [9.17, 15) is 19.5 Å². The summed E-state index contributed by atoms with van der Waals surface area (Å²) in [5, 5.41) is 18.9. The number of nitrogens with one attached hydrogen (secondary N) is 2. The number of imidazole rings is 1. The number of aromatic amines is 1. The summed E-state index contributed by atoms with van der Waals surface area (Å²) in [6, 6.07) is 0. The maximum atomic E-state index is 11.7. The fourth-order valence-corrected chi connectivity index (χ4v) is 2.90. The van der Waals surface area contributed by atoms with Gasteiger partial charge in [-0.15, -0.1) is 0 Å². The van der Waals surface area contributed by atoms with Crippen LogP contribution in [-0.4, -0.2) is 56.4 Å². The number of aliphatic carboxylic acids is 1. The van der Waals surface area contributed by atoms with E-state index in [1.54, 1.807) is 0 Å². The lowest BCUT2D eigenvalue weighted by atomic mass is 10.4. The third-order valence-corrected chi connectivity index (χ3v) is 4.57. The molecule has 10 nitrogen and oxygen atoms in total. The van der Waals surface area contributed by atoms with E-state index in [1.165, 1.54) is 21.1 Å². The monoisotopic (exact) mass is 433 g/mol. The molecular weight excluding hydrogens is 410 g/mol. The van der Waals surface area contributed by atoms with Crippen LogP contribution in [0.3, 0.4) is 0 Å². The second-order valence-corrected chi connectivity index (χ2v) is 6.28. The Morgan fingerprint density at radius 1 is 1.35 bits per heavy atom. The number of hydrogen-bond acceptors (Lipinski definition) is 6. The van der Waals surface area contributed by atoms with Crippen LogP contribution in [0.4, 0.5) is 0 Å². The van der Waals surface area contributed by atoms with Crippen LogP contribution in [0.5, 0.6) is 0 Å². The number of fused-ring (bicyclic) bond motifs is 1. The van der Waals surface area contributed by atoms with Crippen LogP contribution in [-0.2, 0) is 18.4 Å². The zero-order valence-corrected chi connectivity index (χ0v) is 16.6. The number of carboxylic acid groups (broad SMARTS) is 1. The first-order chi connectivity index (χ1) is 12.3. The molecule has 0 aromatic carbocycles. The number of carbonyl (C=O) groups is 1. The average Bonchev–Trinajstić information content (AvgIpc) is 2.93. The molecule has 0 aliphatic rings. The van der Waals surface area contributed by atoms with E-state index < -0.39 is 17.2 Å². The molecule has 0 saturated heterocycles. The molecule has 0 bridgehead atoms. The van der Waals surface area contributed by atoms with Crippen molar-refractivity contribution >= 4 is 33.1 Å². The van der Waals surface area contributed by atoms with Gasteiger partial charge in [0, 0.05) is 26.0 Å². The normalized spacial score (nSPS) is 10.8. The molecule has 0 fully saturated rings. The molecule has 0 amide bonds. The van der Waals surface area contributed by atoms with E-state index in [-0.39, 0.29) is 28.9 Å². The molecule has 11 heteroatoms. The number of likely N-dealkylation sites (N-methyl/N-ethyl adjacent to an activating group) is 1. The number of carboxylic acids is 1. The van der Waals surface area contributed by atoms with E-state index in [4.69, 9.17) is 5.11 Å². The molecule has 3 N–H and O–H groups in total. The molecule has 2 rings (SSSR count). The molecule has 26 heavy (non-hydrogen) atoms. The maximum Gasteiger partial charge on any atom is 0.329 e. The lowest BCUT2D eigenvalue weighted by molar-refractivity contribution is -0.896. The Kier molecular flexibility index (Phi) is 8.69. The van der Waals surface area contributed by atoms with Crippen LogP contribution in [0.15, 0.2) is 14.3 Å². The number of aryl methyl sites for hydroxylation is 2. The Labute approximate surface area is 158 Å². The average molecular weight is 434 g/mol. The van der Waals surface area contributed by atoms with Gasteiger partial charge in [-0.25, -0.2) is 9.78 Å². The summed E-state index contributed by atoms with van der Waals surface area (Å²) < 4.78 is 2.84. The van der Waals surface area contributed by atoms with E-state index in [0.717, 1.165) is 19.6 Å². The minimum absolute atomic E-state index is 0.0285. The largest absolute Gasteiger partial charge is 0.550 e. The van der Waals surface area contributed by atoms with Crippen molar-refractivity contribution in [1.29, 1.82) is 0 Å². The molecule has 0 atom stereocenters. The van der Waals surface area contributed by atoms with Gasteiger partial charge in [-0.05, 0) is 29.8 Å². The fraction of sp³-hybridized carbons (Fsp3) is 0.600. The topological polar surface area (TPSA) is 137 Å². The van der Waals surface area contributed by atoms with Crippen molar-refractivity contribution < 1.29 is 19.9 Å². The second kappa shape index (κ2) is 10.2. The van der Waals surface area contributed by atoms with Crippen molar-refractivity contribution in [3.63, 3.8) is 0 Å². The molecule has 146 valence electrons. The molecular formula is C15H24BrN5O5. The summed E-state index contributed by atoms with van der Waals surface area (Å²) in [6.45, 7) is 7.75. The Bertz CT molecular complexity index is 852. The molecule has 2 heterocycles. The number of aliphatic hydroxyl groups is 1. The predicted octanol–water partition coefficient (Wildman–Crippen LogP) is -2.77. The van der Waals surface area contributed by atoms with Crippen molar-refractivity contribution in [3.05, 3.63) is 25.6 Å². The third kappa shape index (κ3) is 5.51. The highest BCUT2D eigenvalue weighted by molar-refractivity contribution is 9.10. The zero-order chi connectivity index (χ0) is 19.9. The van der Waals surface area contributed by atoms with Gasteiger partial charge in [0.05, 0.1) is 19.7 Å². The number of carbonyl (C=O) groups excluding carboxylic acids is 1. The summed E-state index contributed by atoms with van der Waals surface area (Å²) in [5.41, 5.74) is -0.853. The van der Waals surface area contributed by atoms with Crippen LogP contribution in [0.2, 0.25) is 0 Å². The summed E-state index contributed by atoms with van der Waals surface area (Å²) >= 11 is 3.12. The van der Waals surface area contributed by atoms with Gasteiger partial charge < -0.3 is 24.5 Å². The Morgan fingerprint density at radius 2 is 1.96 bits per heavy atom.